The zero-order chi connectivity index (χ0) is 9.84. The molecule has 0 aliphatic rings. The van der Waals surface area contributed by atoms with E-state index < -0.39 is 0 Å². The third-order valence-electron chi connectivity index (χ3n) is 1.64. The number of carbonyl (C=O) groups is 1. The molecule has 0 atom stereocenters. The smallest absolute Gasteiger partial charge is 0.224 e. The first kappa shape index (κ1) is 9.99. The molecule has 0 aromatic carbocycles. The average molecular weight is 195 g/mol. The molecule has 0 spiro atoms. The molecule has 70 valence electrons. The van der Waals surface area contributed by atoms with Crippen molar-refractivity contribution in [1.29, 1.82) is 0 Å². The lowest BCUT2D eigenvalue weighted by Crippen LogP contribution is -2.19. The van der Waals surface area contributed by atoms with Gasteiger partial charge < -0.3 is 5.32 Å². The van der Waals surface area contributed by atoms with Crippen molar-refractivity contribution in [1.82, 2.24) is 5.32 Å². The third kappa shape index (κ3) is 2.70. The highest BCUT2D eigenvalue weighted by molar-refractivity contribution is 7.11. The fourth-order valence-electron chi connectivity index (χ4n) is 0.908. The van der Waals surface area contributed by atoms with Crippen LogP contribution in [0.25, 0.3) is 5.70 Å². The van der Waals surface area contributed by atoms with Crippen molar-refractivity contribution in [2.45, 2.75) is 20.3 Å². The fourth-order valence-corrected chi connectivity index (χ4v) is 1.74. The average Bonchev–Trinajstić information content (AvgIpc) is 2.51. The van der Waals surface area contributed by atoms with Gasteiger partial charge in [-0.3, -0.25) is 4.79 Å². The number of thiophene rings is 1. The van der Waals surface area contributed by atoms with Gasteiger partial charge in [-0.05, 0) is 23.9 Å². The van der Waals surface area contributed by atoms with E-state index in [1.165, 1.54) is 5.56 Å². The molecular formula is C10H13NOS. The quantitative estimate of drug-likeness (QED) is 0.789. The van der Waals surface area contributed by atoms with E-state index in [-0.39, 0.29) is 5.91 Å². The van der Waals surface area contributed by atoms with Crippen molar-refractivity contribution >= 4 is 22.9 Å². The summed E-state index contributed by atoms with van der Waals surface area (Å²) in [6.45, 7) is 7.65. The first-order chi connectivity index (χ1) is 6.13. The van der Waals surface area contributed by atoms with Gasteiger partial charge in [0.15, 0.2) is 0 Å². The highest BCUT2D eigenvalue weighted by Gasteiger charge is 2.04. The normalized spacial score (nSPS) is 9.69. The molecule has 1 aromatic heterocycles. The second-order valence-electron chi connectivity index (χ2n) is 2.87. The van der Waals surface area contributed by atoms with Crippen LogP contribution in [-0.4, -0.2) is 5.91 Å². The number of nitrogens with one attached hydrogen (secondary N) is 1. The van der Waals surface area contributed by atoms with Crippen LogP contribution in [0.15, 0.2) is 18.0 Å². The van der Waals surface area contributed by atoms with E-state index in [4.69, 9.17) is 0 Å². The van der Waals surface area contributed by atoms with E-state index >= 15 is 0 Å². The van der Waals surface area contributed by atoms with Crippen LogP contribution in [0, 0.1) is 6.92 Å². The van der Waals surface area contributed by atoms with Crippen LogP contribution in [0.2, 0.25) is 0 Å². The summed E-state index contributed by atoms with van der Waals surface area (Å²) in [4.78, 5) is 12.1. The summed E-state index contributed by atoms with van der Waals surface area (Å²) < 4.78 is 0. The number of hydrogen-bond donors (Lipinski definition) is 1. The number of amides is 1. The molecule has 0 bridgehead atoms. The van der Waals surface area contributed by atoms with Crippen molar-refractivity contribution < 1.29 is 4.79 Å². The van der Waals surface area contributed by atoms with Crippen molar-refractivity contribution in [2.24, 2.45) is 0 Å². The zero-order valence-electron chi connectivity index (χ0n) is 7.89. The van der Waals surface area contributed by atoms with E-state index in [2.05, 4.69) is 11.9 Å². The molecule has 1 heterocycles. The van der Waals surface area contributed by atoms with E-state index in [0.29, 0.717) is 12.1 Å². The van der Waals surface area contributed by atoms with Crippen LogP contribution in [0.1, 0.15) is 23.8 Å². The van der Waals surface area contributed by atoms with Gasteiger partial charge in [-0.1, -0.05) is 13.5 Å². The van der Waals surface area contributed by atoms with E-state index in [0.717, 1.165) is 4.88 Å². The van der Waals surface area contributed by atoms with Crippen LogP contribution in [0.4, 0.5) is 0 Å². The number of rotatable bonds is 3. The van der Waals surface area contributed by atoms with Crippen LogP contribution in [-0.2, 0) is 4.79 Å². The molecule has 0 aliphatic carbocycles. The summed E-state index contributed by atoms with van der Waals surface area (Å²) in [5, 5.41) is 4.78. The lowest BCUT2D eigenvalue weighted by molar-refractivity contribution is -0.119. The Labute approximate surface area is 82.3 Å². The summed E-state index contributed by atoms with van der Waals surface area (Å²) in [7, 11) is 0. The van der Waals surface area contributed by atoms with Gasteiger partial charge in [0.05, 0.1) is 10.6 Å². The minimum absolute atomic E-state index is 0.0102. The second kappa shape index (κ2) is 4.23. The van der Waals surface area contributed by atoms with Gasteiger partial charge in [0, 0.05) is 6.42 Å². The number of carbonyl (C=O) groups excluding carboxylic acids is 1. The predicted molar refractivity (Wildman–Crippen MR) is 56.5 cm³/mol. The van der Waals surface area contributed by atoms with Gasteiger partial charge in [-0.15, -0.1) is 11.3 Å². The first-order valence-corrected chi connectivity index (χ1v) is 5.05. The van der Waals surface area contributed by atoms with E-state index in [1.807, 2.05) is 25.3 Å². The fraction of sp³-hybridized carbons (Fsp3) is 0.300. The lowest BCUT2D eigenvalue weighted by atomic mass is 10.3. The van der Waals surface area contributed by atoms with Crippen LogP contribution in [0.3, 0.4) is 0 Å². The van der Waals surface area contributed by atoms with Gasteiger partial charge in [-0.2, -0.15) is 0 Å². The maximum absolute atomic E-state index is 11.0. The Morgan fingerprint density at radius 1 is 1.69 bits per heavy atom. The Balaban J connectivity index is 2.64. The van der Waals surface area contributed by atoms with Gasteiger partial charge >= 0.3 is 0 Å². The Bertz CT molecular complexity index is 327. The van der Waals surface area contributed by atoms with Gasteiger partial charge in [0.2, 0.25) is 5.91 Å². The Morgan fingerprint density at radius 2 is 2.38 bits per heavy atom. The molecular weight excluding hydrogens is 182 g/mol. The molecule has 1 aromatic rings. The van der Waals surface area contributed by atoms with E-state index in [9.17, 15) is 4.79 Å². The monoisotopic (exact) mass is 195 g/mol. The highest BCUT2D eigenvalue weighted by Crippen LogP contribution is 2.19. The van der Waals surface area contributed by atoms with Crippen molar-refractivity contribution in [3.05, 3.63) is 28.5 Å². The summed E-state index contributed by atoms with van der Waals surface area (Å²) in [5.41, 5.74) is 1.90. The molecule has 1 N–H and O–H groups in total. The SMILES string of the molecule is C=C(NC(=O)CC)c1cc(C)cs1. The molecule has 0 unspecified atom stereocenters. The minimum atomic E-state index is 0.0102. The summed E-state index contributed by atoms with van der Waals surface area (Å²) in [6.07, 6.45) is 0.489. The molecule has 2 nitrogen and oxygen atoms in total. The standard InChI is InChI=1S/C10H13NOS/c1-4-10(12)11-8(3)9-5-7(2)6-13-9/h5-6H,3-4H2,1-2H3,(H,11,12). The molecule has 0 aliphatic heterocycles. The zero-order valence-corrected chi connectivity index (χ0v) is 8.70. The largest absolute Gasteiger partial charge is 0.325 e. The topological polar surface area (TPSA) is 29.1 Å². The van der Waals surface area contributed by atoms with Gasteiger partial charge in [-0.25, -0.2) is 0 Å². The van der Waals surface area contributed by atoms with Crippen molar-refractivity contribution in [2.75, 3.05) is 0 Å². The maximum Gasteiger partial charge on any atom is 0.224 e. The number of hydrogen-bond acceptors (Lipinski definition) is 2. The Kier molecular flexibility index (Phi) is 3.25. The predicted octanol–water partition coefficient (Wildman–Crippen LogP) is 2.55. The summed E-state index contributed by atoms with van der Waals surface area (Å²) in [5.74, 6) is 0.0102. The molecule has 1 amide bonds. The summed E-state index contributed by atoms with van der Waals surface area (Å²) >= 11 is 1.60. The van der Waals surface area contributed by atoms with Crippen molar-refractivity contribution in [3.8, 4) is 0 Å². The van der Waals surface area contributed by atoms with Gasteiger partial charge in [0.25, 0.3) is 0 Å². The maximum atomic E-state index is 11.0. The molecule has 0 radical (unpaired) electrons. The number of aryl methyl sites for hydroxylation is 1. The third-order valence-corrected chi connectivity index (χ3v) is 2.75. The molecule has 3 heteroatoms. The molecule has 13 heavy (non-hydrogen) atoms. The van der Waals surface area contributed by atoms with Crippen LogP contribution in [0.5, 0.6) is 0 Å². The highest BCUT2D eigenvalue weighted by atomic mass is 32.1. The van der Waals surface area contributed by atoms with Crippen molar-refractivity contribution in [3.63, 3.8) is 0 Å². The Morgan fingerprint density at radius 3 is 2.85 bits per heavy atom. The van der Waals surface area contributed by atoms with Crippen LogP contribution >= 0.6 is 11.3 Å². The van der Waals surface area contributed by atoms with Crippen LogP contribution < -0.4 is 5.32 Å². The molecule has 1 rings (SSSR count). The molecule has 0 saturated heterocycles. The second-order valence-corrected chi connectivity index (χ2v) is 3.78. The summed E-state index contributed by atoms with van der Waals surface area (Å²) in [6, 6.07) is 2.02. The minimum Gasteiger partial charge on any atom is -0.325 e. The van der Waals surface area contributed by atoms with Gasteiger partial charge in [0.1, 0.15) is 0 Å². The molecule has 0 fully saturated rings. The molecule has 0 saturated carbocycles. The lowest BCUT2D eigenvalue weighted by Gasteiger charge is -2.03. The first-order valence-electron chi connectivity index (χ1n) is 4.17. The Hall–Kier alpha value is -1.09. The van der Waals surface area contributed by atoms with E-state index in [1.54, 1.807) is 11.3 Å².